The summed E-state index contributed by atoms with van der Waals surface area (Å²) in [5.74, 6) is 0. The van der Waals surface area contributed by atoms with E-state index in [2.05, 4.69) is 12.1 Å². The third-order valence-corrected chi connectivity index (χ3v) is 2.47. The molecule has 0 fully saturated rings. The first-order valence-corrected chi connectivity index (χ1v) is 5.19. The van der Waals surface area contributed by atoms with Gasteiger partial charge in [0.05, 0.1) is 0 Å². The minimum absolute atomic E-state index is 0.234. The maximum Gasteiger partial charge on any atom is 0.0230 e. The highest BCUT2D eigenvalue weighted by Crippen LogP contribution is 2.19. The van der Waals surface area contributed by atoms with Crippen LogP contribution in [0.4, 0.5) is 0 Å². The monoisotopic (exact) mass is 202 g/mol. The molecule has 2 aromatic carbocycles. The van der Waals surface area contributed by atoms with E-state index in [0.717, 1.165) is 11.1 Å². The molecule has 0 aliphatic heterocycles. The average molecular weight is 202 g/mol. The predicted octanol–water partition coefficient (Wildman–Crippen LogP) is 4.31. The average Bonchev–Trinajstić information content (AvgIpc) is 2.37. The molecular formula is C15H16. The van der Waals surface area contributed by atoms with Crippen molar-refractivity contribution < 1.29 is 4.11 Å². The normalized spacial score (nSPS) is 14.0. The molecular weight excluding hydrogens is 180 g/mol. The van der Waals surface area contributed by atoms with E-state index < -0.39 is 6.85 Å². The molecule has 76 valence electrons. The molecule has 0 spiro atoms. The first kappa shape index (κ1) is 6.84. The lowest BCUT2D eigenvalue weighted by Gasteiger charge is -2.03. The van der Waals surface area contributed by atoms with Gasteiger partial charge in [-0.1, -0.05) is 67.9 Å². The van der Waals surface area contributed by atoms with E-state index in [1.54, 1.807) is 0 Å². The lowest BCUT2D eigenvalue weighted by Crippen LogP contribution is -1.83. The zero-order valence-corrected chi connectivity index (χ0v) is 8.61. The van der Waals surface area contributed by atoms with Crippen molar-refractivity contribution in [3.8, 4) is 11.1 Å². The molecule has 0 heterocycles. The van der Waals surface area contributed by atoms with Crippen LogP contribution in [-0.4, -0.2) is 0 Å². The van der Waals surface area contributed by atoms with Gasteiger partial charge in [-0.2, -0.15) is 0 Å². The van der Waals surface area contributed by atoms with Crippen LogP contribution in [0.15, 0.2) is 54.6 Å². The second-order valence-electron chi connectivity index (χ2n) is 3.56. The smallest absolute Gasteiger partial charge is 0.0230 e. The van der Waals surface area contributed by atoms with Gasteiger partial charge in [-0.3, -0.25) is 0 Å². The van der Waals surface area contributed by atoms with Crippen molar-refractivity contribution in [2.45, 2.75) is 19.7 Å². The van der Waals surface area contributed by atoms with Crippen molar-refractivity contribution in [3.05, 3.63) is 60.2 Å². The van der Waals surface area contributed by atoms with Gasteiger partial charge in [-0.15, -0.1) is 0 Å². The molecule has 2 rings (SSSR count). The van der Waals surface area contributed by atoms with Gasteiger partial charge in [-0.25, -0.2) is 0 Å². The van der Waals surface area contributed by atoms with Crippen molar-refractivity contribution in [2.24, 2.45) is 0 Å². The molecule has 0 bridgehead atoms. The van der Waals surface area contributed by atoms with Crippen LogP contribution in [0.1, 0.15) is 22.9 Å². The Balaban J connectivity index is 2.07. The molecule has 0 aliphatic carbocycles. The summed E-state index contributed by atoms with van der Waals surface area (Å²) in [5, 5.41) is 0. The SMILES string of the molecule is [3H]C([3H])([3H])CCc1ccc(-c2ccccc2)cc1. The van der Waals surface area contributed by atoms with Gasteiger partial charge in [0.1, 0.15) is 0 Å². The summed E-state index contributed by atoms with van der Waals surface area (Å²) in [7, 11) is 0. The van der Waals surface area contributed by atoms with Gasteiger partial charge in [0.25, 0.3) is 0 Å². The van der Waals surface area contributed by atoms with Crippen LogP contribution in [0.2, 0.25) is 0 Å². The molecule has 0 aromatic heterocycles. The summed E-state index contributed by atoms with van der Waals surface area (Å²) >= 11 is 0. The predicted molar refractivity (Wildman–Crippen MR) is 65.9 cm³/mol. The maximum atomic E-state index is 7.19. The van der Waals surface area contributed by atoms with E-state index in [1.165, 1.54) is 5.56 Å². The highest BCUT2D eigenvalue weighted by molar-refractivity contribution is 5.63. The van der Waals surface area contributed by atoms with Crippen molar-refractivity contribution in [2.75, 3.05) is 0 Å². The molecule has 0 aliphatic rings. The first-order chi connectivity index (χ1) is 8.54. The van der Waals surface area contributed by atoms with Crippen LogP contribution in [0.25, 0.3) is 11.1 Å². The number of rotatable bonds is 3. The van der Waals surface area contributed by atoms with E-state index in [-0.39, 0.29) is 6.42 Å². The third-order valence-electron chi connectivity index (χ3n) is 2.47. The van der Waals surface area contributed by atoms with Crippen LogP contribution in [0.5, 0.6) is 0 Å². The van der Waals surface area contributed by atoms with Gasteiger partial charge in [-0.05, 0) is 23.1 Å². The Kier molecular flexibility index (Phi) is 2.18. The molecule has 0 nitrogen and oxygen atoms in total. The van der Waals surface area contributed by atoms with Crippen LogP contribution in [0.3, 0.4) is 0 Å². The third kappa shape index (κ3) is 2.47. The maximum absolute atomic E-state index is 7.19. The summed E-state index contributed by atoms with van der Waals surface area (Å²) in [6.07, 6.45) is 0.837. The largest absolute Gasteiger partial charge is 0.0651 e. The van der Waals surface area contributed by atoms with Gasteiger partial charge in [0.2, 0.25) is 0 Å². The standard InChI is InChI=1S/C15H16/c1-2-6-13-9-11-15(12-10-13)14-7-4-3-5-8-14/h3-5,7-12H,2,6H2,1H3/i1T3. The molecule has 0 saturated carbocycles. The number of hydrogen-bond donors (Lipinski definition) is 0. The molecule has 0 amide bonds. The van der Waals surface area contributed by atoms with Crippen LogP contribution < -0.4 is 0 Å². The Hall–Kier alpha value is -1.56. The van der Waals surface area contributed by atoms with Crippen LogP contribution >= 0.6 is 0 Å². The minimum atomic E-state index is -1.84. The van der Waals surface area contributed by atoms with E-state index >= 15 is 0 Å². The summed E-state index contributed by atoms with van der Waals surface area (Å²) < 4.78 is 21.6. The number of benzene rings is 2. The van der Waals surface area contributed by atoms with Crippen molar-refractivity contribution in [1.29, 1.82) is 0 Å². The molecule has 0 radical (unpaired) electrons. The van der Waals surface area contributed by atoms with Crippen molar-refractivity contribution in [1.82, 2.24) is 0 Å². The molecule has 15 heavy (non-hydrogen) atoms. The Labute approximate surface area is 95.8 Å². The lowest BCUT2D eigenvalue weighted by molar-refractivity contribution is 0.922. The van der Waals surface area contributed by atoms with Crippen molar-refractivity contribution >= 4 is 0 Å². The van der Waals surface area contributed by atoms with Crippen LogP contribution in [-0.2, 0) is 6.42 Å². The minimum Gasteiger partial charge on any atom is -0.0651 e. The highest BCUT2D eigenvalue weighted by atomic mass is 14.0. The van der Waals surface area contributed by atoms with Crippen molar-refractivity contribution in [3.63, 3.8) is 0 Å². The Morgan fingerprint density at radius 1 is 0.867 bits per heavy atom. The summed E-state index contributed by atoms with van der Waals surface area (Å²) in [5.41, 5.74) is 3.42. The summed E-state index contributed by atoms with van der Waals surface area (Å²) in [6, 6.07) is 18.3. The fourth-order valence-corrected chi connectivity index (χ4v) is 1.64. The fourth-order valence-electron chi connectivity index (χ4n) is 1.64. The van der Waals surface area contributed by atoms with E-state index in [9.17, 15) is 0 Å². The summed E-state index contributed by atoms with van der Waals surface area (Å²) in [4.78, 5) is 0. The first-order valence-electron chi connectivity index (χ1n) is 6.69. The van der Waals surface area contributed by atoms with Gasteiger partial charge < -0.3 is 0 Å². The lowest BCUT2D eigenvalue weighted by atomic mass is 10.0. The van der Waals surface area contributed by atoms with Crippen LogP contribution in [0, 0.1) is 0 Å². The molecule has 0 atom stereocenters. The summed E-state index contributed by atoms with van der Waals surface area (Å²) in [6.45, 7) is -1.84. The second-order valence-corrected chi connectivity index (χ2v) is 3.56. The second kappa shape index (κ2) is 4.79. The zero-order valence-electron chi connectivity index (χ0n) is 11.6. The Morgan fingerprint density at radius 3 is 2.20 bits per heavy atom. The number of aryl methyl sites for hydroxylation is 1. The van der Waals surface area contributed by atoms with E-state index in [4.69, 9.17) is 4.11 Å². The molecule has 0 N–H and O–H groups in total. The molecule has 0 heteroatoms. The molecule has 0 saturated heterocycles. The fraction of sp³-hybridized carbons (Fsp3) is 0.200. The molecule has 2 aromatic rings. The van der Waals surface area contributed by atoms with Gasteiger partial charge >= 0.3 is 0 Å². The van der Waals surface area contributed by atoms with E-state index in [1.807, 2.05) is 42.5 Å². The topological polar surface area (TPSA) is 0 Å². The number of hydrogen-bond acceptors (Lipinski definition) is 0. The Bertz CT molecular complexity index is 483. The highest BCUT2D eigenvalue weighted by Gasteiger charge is 1.96. The van der Waals surface area contributed by atoms with Gasteiger partial charge in [0.15, 0.2) is 0 Å². The quantitative estimate of drug-likeness (QED) is 0.696. The molecule has 0 unspecified atom stereocenters. The van der Waals surface area contributed by atoms with E-state index in [0.29, 0.717) is 6.42 Å². The zero-order chi connectivity index (χ0) is 13.0. The van der Waals surface area contributed by atoms with Gasteiger partial charge in [0, 0.05) is 4.11 Å². The Morgan fingerprint density at radius 2 is 1.53 bits per heavy atom.